The van der Waals surface area contributed by atoms with Crippen molar-refractivity contribution < 1.29 is 27.1 Å². The van der Waals surface area contributed by atoms with Crippen LogP contribution in [0, 0.1) is 12.7 Å². The maximum atomic E-state index is 13.5. The second-order valence-corrected chi connectivity index (χ2v) is 8.88. The predicted molar refractivity (Wildman–Crippen MR) is 105 cm³/mol. The molecule has 1 fully saturated rings. The molecule has 2 aromatic carbocycles. The first kappa shape index (κ1) is 19.4. The minimum absolute atomic E-state index is 0.0177. The summed E-state index contributed by atoms with van der Waals surface area (Å²) in [5.41, 5.74) is 0.738. The number of hydrogen-bond acceptors (Lipinski definition) is 5. The Labute approximate surface area is 166 Å². The topological polar surface area (TPSA) is 99.9 Å². The molecule has 29 heavy (non-hydrogen) atoms. The molecule has 1 aromatic heterocycles. The third-order valence-electron chi connectivity index (χ3n) is 5.02. The van der Waals surface area contributed by atoms with Crippen LogP contribution in [-0.4, -0.2) is 36.8 Å². The largest absolute Gasteiger partial charge is 0.506 e. The summed E-state index contributed by atoms with van der Waals surface area (Å²) in [4.78, 5) is 12.7. The van der Waals surface area contributed by atoms with Crippen molar-refractivity contribution in [1.29, 1.82) is 0 Å². The number of furan rings is 1. The Morgan fingerprint density at radius 3 is 2.62 bits per heavy atom. The summed E-state index contributed by atoms with van der Waals surface area (Å²) in [5, 5.41) is 13.1. The van der Waals surface area contributed by atoms with Gasteiger partial charge >= 0.3 is 0 Å². The fourth-order valence-corrected chi connectivity index (χ4v) is 4.99. The van der Waals surface area contributed by atoms with E-state index in [0.717, 1.165) is 12.8 Å². The van der Waals surface area contributed by atoms with Crippen molar-refractivity contribution in [3.8, 4) is 5.75 Å². The molecule has 1 amide bonds. The van der Waals surface area contributed by atoms with Gasteiger partial charge in [-0.1, -0.05) is 0 Å². The Hall–Kier alpha value is -2.91. The number of nitrogens with one attached hydrogen (secondary N) is 1. The van der Waals surface area contributed by atoms with E-state index in [0.29, 0.717) is 29.6 Å². The summed E-state index contributed by atoms with van der Waals surface area (Å²) in [7, 11) is -3.71. The molecule has 3 aromatic rings. The Bertz CT molecular complexity index is 1210. The number of hydrogen-bond donors (Lipinski definition) is 2. The van der Waals surface area contributed by atoms with Crippen LogP contribution in [0.15, 0.2) is 45.7 Å². The van der Waals surface area contributed by atoms with Crippen molar-refractivity contribution in [2.75, 3.05) is 18.4 Å². The van der Waals surface area contributed by atoms with Gasteiger partial charge in [-0.3, -0.25) is 4.79 Å². The van der Waals surface area contributed by atoms with Crippen LogP contribution in [0.4, 0.5) is 10.1 Å². The van der Waals surface area contributed by atoms with Crippen LogP contribution in [0.25, 0.3) is 11.0 Å². The van der Waals surface area contributed by atoms with Crippen LogP contribution < -0.4 is 5.32 Å². The lowest BCUT2D eigenvalue weighted by molar-refractivity contribution is 0.0997. The van der Waals surface area contributed by atoms with Gasteiger partial charge in [-0.2, -0.15) is 4.31 Å². The lowest BCUT2D eigenvalue weighted by atomic mass is 10.1. The third kappa shape index (κ3) is 3.47. The van der Waals surface area contributed by atoms with Crippen molar-refractivity contribution in [2.45, 2.75) is 24.7 Å². The molecule has 4 rings (SSSR count). The number of phenolic OH excluding ortho intramolecular Hbond substituents is 1. The lowest BCUT2D eigenvalue weighted by Gasteiger charge is -2.16. The first-order valence-electron chi connectivity index (χ1n) is 9.10. The number of sulfonamides is 1. The number of anilines is 1. The average molecular weight is 418 g/mol. The zero-order chi connectivity index (χ0) is 20.8. The first-order valence-corrected chi connectivity index (χ1v) is 10.5. The van der Waals surface area contributed by atoms with Crippen molar-refractivity contribution in [3.63, 3.8) is 0 Å². The van der Waals surface area contributed by atoms with Crippen molar-refractivity contribution >= 4 is 32.6 Å². The van der Waals surface area contributed by atoms with Crippen LogP contribution in [-0.2, 0) is 10.0 Å². The molecular weight excluding hydrogens is 399 g/mol. The number of amides is 1. The number of halogens is 1. The molecule has 0 atom stereocenters. The van der Waals surface area contributed by atoms with Gasteiger partial charge in [0.05, 0.1) is 10.6 Å². The van der Waals surface area contributed by atoms with Gasteiger partial charge in [0.25, 0.3) is 5.91 Å². The van der Waals surface area contributed by atoms with E-state index < -0.39 is 21.7 Å². The molecule has 0 aliphatic carbocycles. The van der Waals surface area contributed by atoms with Crippen molar-refractivity contribution in [1.82, 2.24) is 4.31 Å². The molecule has 2 N–H and O–H groups in total. The summed E-state index contributed by atoms with van der Waals surface area (Å²) in [6.07, 6.45) is 1.60. The third-order valence-corrected chi connectivity index (χ3v) is 6.92. The van der Waals surface area contributed by atoms with E-state index in [1.807, 2.05) is 0 Å². The molecule has 0 bridgehead atoms. The van der Waals surface area contributed by atoms with Crippen LogP contribution in [0.1, 0.15) is 29.0 Å². The zero-order valence-corrected chi connectivity index (χ0v) is 16.4. The van der Waals surface area contributed by atoms with E-state index in [1.54, 1.807) is 6.92 Å². The SMILES string of the molecule is Cc1c(C(=O)Nc2cc(S(=O)(=O)N3CCCC3)ccc2O)oc2ccc(F)cc12. The highest BCUT2D eigenvalue weighted by Crippen LogP contribution is 2.31. The smallest absolute Gasteiger partial charge is 0.291 e. The van der Waals surface area contributed by atoms with Gasteiger partial charge < -0.3 is 14.8 Å². The Morgan fingerprint density at radius 2 is 1.90 bits per heavy atom. The highest BCUT2D eigenvalue weighted by Gasteiger charge is 2.28. The quantitative estimate of drug-likeness (QED) is 0.631. The Morgan fingerprint density at radius 1 is 1.17 bits per heavy atom. The Kier molecular flexibility index (Phi) is 4.79. The lowest BCUT2D eigenvalue weighted by Crippen LogP contribution is -2.28. The van der Waals surface area contributed by atoms with Gasteiger partial charge in [-0.15, -0.1) is 0 Å². The number of carbonyl (C=O) groups excluding carboxylic acids is 1. The summed E-state index contributed by atoms with van der Waals surface area (Å²) in [5.74, 6) is -1.45. The van der Waals surface area contributed by atoms with E-state index in [2.05, 4.69) is 5.32 Å². The van der Waals surface area contributed by atoms with Crippen LogP contribution in [0.3, 0.4) is 0 Å². The van der Waals surface area contributed by atoms with Gasteiger partial charge in [-0.25, -0.2) is 12.8 Å². The normalized spacial score (nSPS) is 15.1. The number of aromatic hydroxyl groups is 1. The molecule has 152 valence electrons. The highest BCUT2D eigenvalue weighted by atomic mass is 32.2. The van der Waals surface area contributed by atoms with Gasteiger partial charge in [0.2, 0.25) is 10.0 Å². The van der Waals surface area contributed by atoms with Gasteiger partial charge in [0.1, 0.15) is 17.1 Å². The van der Waals surface area contributed by atoms with E-state index in [9.17, 15) is 22.7 Å². The summed E-state index contributed by atoms with van der Waals surface area (Å²) in [6, 6.07) is 7.66. The minimum atomic E-state index is -3.71. The molecule has 0 radical (unpaired) electrons. The molecule has 1 aliphatic rings. The molecule has 1 aliphatic heterocycles. The number of phenols is 1. The maximum absolute atomic E-state index is 13.5. The standard InChI is InChI=1S/C20H19FN2O5S/c1-12-15-10-13(21)4-7-18(15)28-19(12)20(25)22-16-11-14(5-6-17(16)24)29(26,27)23-8-2-3-9-23/h4-7,10-11,24H,2-3,8-9H2,1H3,(H,22,25). The van der Waals surface area contributed by atoms with E-state index in [-0.39, 0.29) is 22.1 Å². The van der Waals surface area contributed by atoms with Crippen LogP contribution in [0.5, 0.6) is 5.75 Å². The fourth-order valence-electron chi connectivity index (χ4n) is 3.44. The number of rotatable bonds is 4. The van der Waals surface area contributed by atoms with Crippen molar-refractivity contribution in [2.24, 2.45) is 0 Å². The molecule has 0 unspecified atom stereocenters. The summed E-state index contributed by atoms with van der Waals surface area (Å²) < 4.78 is 45.8. The summed E-state index contributed by atoms with van der Waals surface area (Å²) in [6.45, 7) is 2.51. The molecule has 7 nitrogen and oxygen atoms in total. The predicted octanol–water partition coefficient (Wildman–Crippen LogP) is 3.62. The minimum Gasteiger partial charge on any atom is -0.506 e. The molecule has 0 spiro atoms. The molecule has 0 saturated carbocycles. The van der Waals surface area contributed by atoms with E-state index in [4.69, 9.17) is 4.42 Å². The molecule has 9 heteroatoms. The van der Waals surface area contributed by atoms with Crippen LogP contribution >= 0.6 is 0 Å². The number of fused-ring (bicyclic) bond motifs is 1. The van der Waals surface area contributed by atoms with E-state index >= 15 is 0 Å². The Balaban J connectivity index is 1.66. The second kappa shape index (κ2) is 7.16. The van der Waals surface area contributed by atoms with Gasteiger partial charge in [-0.05, 0) is 56.2 Å². The van der Waals surface area contributed by atoms with Gasteiger partial charge in [0, 0.05) is 24.0 Å². The van der Waals surface area contributed by atoms with Crippen molar-refractivity contribution in [3.05, 3.63) is 53.5 Å². The summed E-state index contributed by atoms with van der Waals surface area (Å²) >= 11 is 0. The van der Waals surface area contributed by atoms with E-state index in [1.165, 1.54) is 40.7 Å². The van der Waals surface area contributed by atoms with Crippen LogP contribution in [0.2, 0.25) is 0 Å². The molecule has 2 heterocycles. The average Bonchev–Trinajstić information content (AvgIpc) is 3.33. The molecular formula is C20H19FN2O5S. The second-order valence-electron chi connectivity index (χ2n) is 6.94. The number of aryl methyl sites for hydroxylation is 1. The number of benzene rings is 2. The highest BCUT2D eigenvalue weighted by molar-refractivity contribution is 7.89. The fraction of sp³-hybridized carbons (Fsp3) is 0.250. The number of nitrogens with zero attached hydrogens (tertiary/aromatic N) is 1. The maximum Gasteiger partial charge on any atom is 0.291 e. The zero-order valence-electron chi connectivity index (χ0n) is 15.6. The van der Waals surface area contributed by atoms with Gasteiger partial charge in [0.15, 0.2) is 5.76 Å². The number of carbonyl (C=O) groups is 1. The first-order chi connectivity index (χ1) is 13.8. The monoisotopic (exact) mass is 418 g/mol. The molecule has 1 saturated heterocycles.